The van der Waals surface area contributed by atoms with Gasteiger partial charge in [0.1, 0.15) is 0 Å². The standard InChI is InChI=1S/C11H18N2O4/c1-11(3-2-4-12-11)10(16)13-5-6-17-7-8(13)9(14)15/h8,12H,2-7H2,1H3,(H,14,15). The van der Waals surface area contributed by atoms with Crippen molar-refractivity contribution in [2.75, 3.05) is 26.3 Å². The summed E-state index contributed by atoms with van der Waals surface area (Å²) in [7, 11) is 0. The van der Waals surface area contributed by atoms with E-state index in [9.17, 15) is 9.59 Å². The van der Waals surface area contributed by atoms with Crippen LogP contribution in [0.4, 0.5) is 0 Å². The zero-order valence-electron chi connectivity index (χ0n) is 9.94. The Balaban J connectivity index is 2.13. The lowest BCUT2D eigenvalue weighted by Crippen LogP contribution is -2.60. The van der Waals surface area contributed by atoms with E-state index in [0.29, 0.717) is 13.2 Å². The van der Waals surface area contributed by atoms with E-state index in [4.69, 9.17) is 9.84 Å². The number of carbonyl (C=O) groups is 2. The molecular formula is C11H18N2O4. The van der Waals surface area contributed by atoms with E-state index in [-0.39, 0.29) is 12.5 Å². The Morgan fingerprint density at radius 1 is 1.53 bits per heavy atom. The minimum atomic E-state index is -1.00. The van der Waals surface area contributed by atoms with Crippen LogP contribution in [0.3, 0.4) is 0 Å². The highest BCUT2D eigenvalue weighted by Gasteiger charge is 2.43. The van der Waals surface area contributed by atoms with Crippen LogP contribution in [0.25, 0.3) is 0 Å². The Kier molecular flexibility index (Phi) is 3.35. The molecule has 2 heterocycles. The lowest BCUT2D eigenvalue weighted by atomic mass is 9.97. The van der Waals surface area contributed by atoms with Crippen molar-refractivity contribution in [3.63, 3.8) is 0 Å². The number of carboxylic acids is 1. The van der Waals surface area contributed by atoms with Gasteiger partial charge in [0.2, 0.25) is 5.91 Å². The van der Waals surface area contributed by atoms with Gasteiger partial charge in [-0.2, -0.15) is 0 Å². The van der Waals surface area contributed by atoms with Crippen LogP contribution < -0.4 is 5.32 Å². The number of carboxylic acid groups (broad SMARTS) is 1. The molecule has 1 amide bonds. The molecule has 0 aromatic rings. The van der Waals surface area contributed by atoms with Gasteiger partial charge >= 0.3 is 5.97 Å². The number of aliphatic carboxylic acids is 1. The first-order valence-corrected chi connectivity index (χ1v) is 5.91. The van der Waals surface area contributed by atoms with Crippen LogP contribution >= 0.6 is 0 Å². The summed E-state index contributed by atoms with van der Waals surface area (Å²) >= 11 is 0. The van der Waals surface area contributed by atoms with E-state index < -0.39 is 17.6 Å². The van der Waals surface area contributed by atoms with E-state index in [1.54, 1.807) is 0 Å². The monoisotopic (exact) mass is 242 g/mol. The smallest absolute Gasteiger partial charge is 0.328 e. The predicted octanol–water partition coefficient (Wildman–Crippen LogP) is -0.559. The largest absolute Gasteiger partial charge is 0.480 e. The molecule has 2 aliphatic heterocycles. The number of nitrogens with one attached hydrogen (secondary N) is 1. The van der Waals surface area contributed by atoms with Crippen LogP contribution in [0.1, 0.15) is 19.8 Å². The summed E-state index contributed by atoms with van der Waals surface area (Å²) in [5.41, 5.74) is -0.606. The average molecular weight is 242 g/mol. The molecule has 2 saturated heterocycles. The minimum absolute atomic E-state index is 0.0805. The average Bonchev–Trinajstić information content (AvgIpc) is 2.76. The zero-order chi connectivity index (χ0) is 12.5. The Morgan fingerprint density at radius 3 is 2.88 bits per heavy atom. The van der Waals surface area contributed by atoms with Gasteiger partial charge in [0.25, 0.3) is 0 Å². The molecule has 0 spiro atoms. The van der Waals surface area contributed by atoms with Gasteiger partial charge in [-0.3, -0.25) is 4.79 Å². The van der Waals surface area contributed by atoms with Crippen LogP contribution in [-0.4, -0.2) is 59.8 Å². The van der Waals surface area contributed by atoms with E-state index >= 15 is 0 Å². The Bertz CT molecular complexity index is 325. The lowest BCUT2D eigenvalue weighted by molar-refractivity contribution is -0.161. The first kappa shape index (κ1) is 12.3. The third-order valence-corrected chi connectivity index (χ3v) is 3.52. The number of carbonyl (C=O) groups excluding carboxylic acids is 1. The summed E-state index contributed by atoms with van der Waals surface area (Å²) in [4.78, 5) is 24.9. The quantitative estimate of drug-likeness (QED) is 0.678. The second kappa shape index (κ2) is 4.62. The maximum atomic E-state index is 12.4. The molecule has 17 heavy (non-hydrogen) atoms. The van der Waals surface area contributed by atoms with E-state index in [1.807, 2.05) is 6.92 Å². The molecule has 0 radical (unpaired) electrons. The highest BCUT2D eigenvalue weighted by atomic mass is 16.5. The molecule has 6 nitrogen and oxygen atoms in total. The van der Waals surface area contributed by atoms with Crippen LogP contribution in [0.5, 0.6) is 0 Å². The molecule has 2 atom stereocenters. The summed E-state index contributed by atoms with van der Waals surface area (Å²) in [5.74, 6) is -1.12. The van der Waals surface area contributed by atoms with Gasteiger partial charge < -0.3 is 20.1 Å². The van der Waals surface area contributed by atoms with E-state index in [0.717, 1.165) is 19.4 Å². The van der Waals surface area contributed by atoms with E-state index in [2.05, 4.69) is 5.32 Å². The fourth-order valence-electron chi connectivity index (χ4n) is 2.45. The molecule has 2 unspecified atom stereocenters. The fraction of sp³-hybridized carbons (Fsp3) is 0.818. The third kappa shape index (κ3) is 2.28. The highest BCUT2D eigenvalue weighted by molar-refractivity contribution is 5.90. The maximum absolute atomic E-state index is 12.4. The predicted molar refractivity (Wildman–Crippen MR) is 59.6 cm³/mol. The number of ether oxygens (including phenoxy) is 1. The second-order valence-electron chi connectivity index (χ2n) is 4.79. The van der Waals surface area contributed by atoms with Crippen LogP contribution in [-0.2, 0) is 14.3 Å². The van der Waals surface area contributed by atoms with Gasteiger partial charge in [0.05, 0.1) is 18.8 Å². The van der Waals surface area contributed by atoms with Crippen LogP contribution in [0.2, 0.25) is 0 Å². The van der Waals surface area contributed by atoms with Crippen molar-refractivity contribution in [2.24, 2.45) is 0 Å². The first-order chi connectivity index (χ1) is 8.04. The SMILES string of the molecule is CC1(C(=O)N2CCOCC2C(=O)O)CCCN1. The molecule has 0 aliphatic carbocycles. The van der Waals surface area contributed by atoms with Crippen molar-refractivity contribution in [3.05, 3.63) is 0 Å². The van der Waals surface area contributed by atoms with Crippen molar-refractivity contribution < 1.29 is 19.4 Å². The molecule has 96 valence electrons. The zero-order valence-corrected chi connectivity index (χ0v) is 9.94. The summed E-state index contributed by atoms with van der Waals surface area (Å²) in [6.45, 7) is 3.50. The number of hydrogen-bond donors (Lipinski definition) is 2. The number of morpholine rings is 1. The second-order valence-corrected chi connectivity index (χ2v) is 4.79. The van der Waals surface area contributed by atoms with Crippen molar-refractivity contribution in [1.82, 2.24) is 10.2 Å². The number of hydrogen-bond acceptors (Lipinski definition) is 4. The molecule has 0 saturated carbocycles. The molecular weight excluding hydrogens is 224 g/mol. The van der Waals surface area contributed by atoms with Crippen molar-refractivity contribution >= 4 is 11.9 Å². The maximum Gasteiger partial charge on any atom is 0.328 e. The topological polar surface area (TPSA) is 78.9 Å². The van der Waals surface area contributed by atoms with Gasteiger partial charge in [-0.25, -0.2) is 4.79 Å². The van der Waals surface area contributed by atoms with Gasteiger partial charge in [-0.05, 0) is 26.3 Å². The summed E-state index contributed by atoms with van der Waals surface area (Å²) in [6, 6.07) is -0.851. The molecule has 0 aromatic heterocycles. The highest BCUT2D eigenvalue weighted by Crippen LogP contribution is 2.23. The first-order valence-electron chi connectivity index (χ1n) is 5.91. The lowest BCUT2D eigenvalue weighted by Gasteiger charge is -2.38. The van der Waals surface area contributed by atoms with Crippen molar-refractivity contribution in [1.29, 1.82) is 0 Å². The molecule has 0 aromatic carbocycles. The Morgan fingerprint density at radius 2 is 2.29 bits per heavy atom. The summed E-state index contributed by atoms with van der Waals surface area (Å²) < 4.78 is 5.12. The third-order valence-electron chi connectivity index (χ3n) is 3.52. The van der Waals surface area contributed by atoms with Crippen LogP contribution in [0, 0.1) is 0 Å². The summed E-state index contributed by atoms with van der Waals surface area (Å²) in [5, 5.41) is 12.3. The molecule has 6 heteroatoms. The number of rotatable bonds is 2. The van der Waals surface area contributed by atoms with Crippen molar-refractivity contribution in [3.8, 4) is 0 Å². The Labute approximate surface area is 99.9 Å². The molecule has 2 fully saturated rings. The van der Waals surface area contributed by atoms with Gasteiger partial charge in [-0.1, -0.05) is 0 Å². The number of amides is 1. The minimum Gasteiger partial charge on any atom is -0.480 e. The van der Waals surface area contributed by atoms with Crippen molar-refractivity contribution in [2.45, 2.75) is 31.3 Å². The normalized spacial score (nSPS) is 33.7. The number of nitrogens with zero attached hydrogens (tertiary/aromatic N) is 1. The van der Waals surface area contributed by atoms with Gasteiger partial charge in [0, 0.05) is 6.54 Å². The van der Waals surface area contributed by atoms with Gasteiger partial charge in [0.15, 0.2) is 6.04 Å². The fourth-order valence-corrected chi connectivity index (χ4v) is 2.45. The van der Waals surface area contributed by atoms with E-state index in [1.165, 1.54) is 4.90 Å². The molecule has 2 N–H and O–H groups in total. The molecule has 2 aliphatic rings. The Hall–Kier alpha value is -1.14. The molecule has 2 rings (SSSR count). The summed E-state index contributed by atoms with van der Waals surface area (Å²) in [6.07, 6.45) is 1.71. The molecule has 0 bridgehead atoms. The van der Waals surface area contributed by atoms with Crippen LogP contribution in [0.15, 0.2) is 0 Å². The van der Waals surface area contributed by atoms with Gasteiger partial charge in [-0.15, -0.1) is 0 Å².